The quantitative estimate of drug-likeness (QED) is 0.720. The number of carboxylic acid groups (broad SMARTS) is 1. The SMILES string of the molecule is Cc1cc(C(=O)N[C@H](CO)C(=O)O)c(C)s1. The minimum absolute atomic E-state index is 0.460. The predicted octanol–water partition coefficient (Wildman–Crippen LogP) is 0.540. The normalized spacial score (nSPS) is 12.2. The summed E-state index contributed by atoms with van der Waals surface area (Å²) in [5, 5.41) is 19.7. The second-order valence-corrected chi connectivity index (χ2v) is 4.83. The summed E-state index contributed by atoms with van der Waals surface area (Å²) < 4.78 is 0. The van der Waals surface area contributed by atoms with Crippen LogP contribution in [0.25, 0.3) is 0 Å². The highest BCUT2D eigenvalue weighted by molar-refractivity contribution is 7.12. The van der Waals surface area contributed by atoms with Crippen LogP contribution in [0.3, 0.4) is 0 Å². The summed E-state index contributed by atoms with van der Waals surface area (Å²) in [5.41, 5.74) is 0.460. The highest BCUT2D eigenvalue weighted by Crippen LogP contribution is 2.20. The fraction of sp³-hybridized carbons (Fsp3) is 0.400. The molecule has 1 rings (SSSR count). The third-order valence-electron chi connectivity index (χ3n) is 2.07. The predicted molar refractivity (Wildman–Crippen MR) is 59.8 cm³/mol. The van der Waals surface area contributed by atoms with E-state index >= 15 is 0 Å². The van der Waals surface area contributed by atoms with E-state index in [1.54, 1.807) is 13.0 Å². The molecule has 0 bridgehead atoms. The Balaban J connectivity index is 2.79. The van der Waals surface area contributed by atoms with Crippen LogP contribution in [0, 0.1) is 13.8 Å². The van der Waals surface area contributed by atoms with E-state index in [9.17, 15) is 9.59 Å². The van der Waals surface area contributed by atoms with E-state index in [4.69, 9.17) is 10.2 Å². The summed E-state index contributed by atoms with van der Waals surface area (Å²) in [6.07, 6.45) is 0. The largest absolute Gasteiger partial charge is 0.480 e. The van der Waals surface area contributed by atoms with Crippen LogP contribution in [0.1, 0.15) is 20.1 Å². The molecule has 1 atom stereocenters. The molecule has 0 unspecified atom stereocenters. The van der Waals surface area contributed by atoms with Crippen molar-refractivity contribution >= 4 is 23.2 Å². The first-order valence-electron chi connectivity index (χ1n) is 4.67. The highest BCUT2D eigenvalue weighted by atomic mass is 32.1. The molecule has 0 radical (unpaired) electrons. The summed E-state index contributed by atoms with van der Waals surface area (Å²) >= 11 is 1.47. The van der Waals surface area contributed by atoms with Crippen LogP contribution >= 0.6 is 11.3 Å². The molecule has 1 heterocycles. The van der Waals surface area contributed by atoms with Gasteiger partial charge in [-0.05, 0) is 19.9 Å². The van der Waals surface area contributed by atoms with Gasteiger partial charge in [0.05, 0.1) is 12.2 Å². The lowest BCUT2D eigenvalue weighted by molar-refractivity contribution is -0.140. The van der Waals surface area contributed by atoms with E-state index < -0.39 is 24.5 Å². The molecule has 3 N–H and O–H groups in total. The maximum absolute atomic E-state index is 11.7. The molecule has 0 fully saturated rings. The molecule has 0 saturated heterocycles. The van der Waals surface area contributed by atoms with Crippen molar-refractivity contribution in [2.45, 2.75) is 19.9 Å². The summed E-state index contributed by atoms with van der Waals surface area (Å²) in [5.74, 6) is -1.72. The van der Waals surface area contributed by atoms with Gasteiger partial charge in [0.15, 0.2) is 6.04 Å². The molecule has 0 spiro atoms. The lowest BCUT2D eigenvalue weighted by atomic mass is 10.2. The van der Waals surface area contributed by atoms with Gasteiger partial charge >= 0.3 is 5.97 Å². The molecular weight excluding hydrogens is 230 g/mol. The molecule has 88 valence electrons. The molecular formula is C10H13NO4S. The van der Waals surface area contributed by atoms with Gasteiger partial charge in [-0.1, -0.05) is 0 Å². The molecule has 6 heteroatoms. The topological polar surface area (TPSA) is 86.6 Å². The van der Waals surface area contributed by atoms with Crippen LogP contribution in [0.4, 0.5) is 0 Å². The Morgan fingerprint density at radius 3 is 2.50 bits per heavy atom. The molecule has 16 heavy (non-hydrogen) atoms. The van der Waals surface area contributed by atoms with Gasteiger partial charge < -0.3 is 15.5 Å². The van der Waals surface area contributed by atoms with E-state index in [0.717, 1.165) is 9.75 Å². The van der Waals surface area contributed by atoms with Crippen molar-refractivity contribution in [1.82, 2.24) is 5.32 Å². The Morgan fingerprint density at radius 2 is 2.12 bits per heavy atom. The zero-order valence-corrected chi connectivity index (χ0v) is 9.80. The van der Waals surface area contributed by atoms with Crippen LogP contribution < -0.4 is 5.32 Å². The van der Waals surface area contributed by atoms with Crippen molar-refractivity contribution in [1.29, 1.82) is 0 Å². The first-order chi connectivity index (χ1) is 7.45. The third-order valence-corrected chi connectivity index (χ3v) is 3.04. The van der Waals surface area contributed by atoms with Gasteiger partial charge in [-0.25, -0.2) is 4.79 Å². The van der Waals surface area contributed by atoms with Crippen molar-refractivity contribution in [2.75, 3.05) is 6.61 Å². The first-order valence-corrected chi connectivity index (χ1v) is 5.49. The Bertz CT molecular complexity index is 413. The summed E-state index contributed by atoms with van der Waals surface area (Å²) in [7, 11) is 0. The maximum atomic E-state index is 11.7. The van der Waals surface area contributed by atoms with Crippen LogP contribution in [-0.2, 0) is 4.79 Å². The van der Waals surface area contributed by atoms with Gasteiger partial charge in [0.1, 0.15) is 0 Å². The lowest BCUT2D eigenvalue weighted by Gasteiger charge is -2.11. The van der Waals surface area contributed by atoms with Crippen molar-refractivity contribution in [3.8, 4) is 0 Å². The number of amides is 1. The molecule has 1 aromatic heterocycles. The number of aryl methyl sites for hydroxylation is 2. The van der Waals surface area contributed by atoms with Crippen molar-refractivity contribution in [3.63, 3.8) is 0 Å². The van der Waals surface area contributed by atoms with E-state index in [1.165, 1.54) is 11.3 Å². The van der Waals surface area contributed by atoms with Crippen LogP contribution in [0.2, 0.25) is 0 Å². The third kappa shape index (κ3) is 2.80. The molecule has 0 saturated carbocycles. The molecule has 0 aliphatic heterocycles. The number of aliphatic hydroxyl groups excluding tert-OH is 1. The summed E-state index contributed by atoms with van der Waals surface area (Å²) in [6, 6.07) is 0.443. The number of thiophene rings is 1. The molecule has 1 aromatic rings. The Morgan fingerprint density at radius 1 is 1.50 bits per heavy atom. The number of nitrogens with one attached hydrogen (secondary N) is 1. The summed E-state index contributed by atoms with van der Waals surface area (Å²) in [6.45, 7) is 3.04. The standard InChI is InChI=1S/C10H13NO4S/c1-5-3-7(6(2)16-5)9(13)11-8(4-12)10(14)15/h3,8,12H,4H2,1-2H3,(H,11,13)(H,14,15)/t8-/m1/s1. The Labute approximate surface area is 96.7 Å². The van der Waals surface area contributed by atoms with Crippen LogP contribution in [0.5, 0.6) is 0 Å². The monoisotopic (exact) mass is 243 g/mol. The fourth-order valence-electron chi connectivity index (χ4n) is 1.28. The molecule has 5 nitrogen and oxygen atoms in total. The number of hydrogen-bond acceptors (Lipinski definition) is 4. The average molecular weight is 243 g/mol. The zero-order chi connectivity index (χ0) is 12.3. The molecule has 0 aromatic carbocycles. The van der Waals surface area contributed by atoms with E-state index in [1.807, 2.05) is 6.92 Å². The van der Waals surface area contributed by atoms with Gasteiger partial charge in [-0.3, -0.25) is 4.79 Å². The van der Waals surface area contributed by atoms with E-state index in [0.29, 0.717) is 5.56 Å². The number of rotatable bonds is 4. The smallest absolute Gasteiger partial charge is 0.328 e. The zero-order valence-electron chi connectivity index (χ0n) is 8.98. The minimum Gasteiger partial charge on any atom is -0.480 e. The molecule has 1 amide bonds. The van der Waals surface area contributed by atoms with E-state index in [-0.39, 0.29) is 0 Å². The van der Waals surface area contributed by atoms with Gasteiger partial charge in [0.2, 0.25) is 0 Å². The average Bonchev–Trinajstić information content (AvgIpc) is 2.53. The van der Waals surface area contributed by atoms with Crippen molar-refractivity contribution < 1.29 is 19.8 Å². The second-order valence-electron chi connectivity index (χ2n) is 3.37. The number of carbonyl (C=O) groups excluding carboxylic acids is 1. The number of hydrogen-bond donors (Lipinski definition) is 3. The van der Waals surface area contributed by atoms with Gasteiger partial charge in [-0.15, -0.1) is 11.3 Å². The fourth-order valence-corrected chi connectivity index (χ4v) is 2.20. The van der Waals surface area contributed by atoms with Crippen LogP contribution in [-0.4, -0.2) is 34.7 Å². The Hall–Kier alpha value is -1.40. The molecule has 0 aliphatic rings. The second kappa shape index (κ2) is 5.09. The number of carboxylic acids is 1. The van der Waals surface area contributed by atoms with Gasteiger partial charge in [0, 0.05) is 9.75 Å². The summed E-state index contributed by atoms with van der Waals surface area (Å²) in [4.78, 5) is 24.1. The number of aliphatic carboxylic acids is 1. The number of aliphatic hydroxyl groups is 1. The van der Waals surface area contributed by atoms with Crippen molar-refractivity contribution in [2.24, 2.45) is 0 Å². The maximum Gasteiger partial charge on any atom is 0.328 e. The van der Waals surface area contributed by atoms with E-state index in [2.05, 4.69) is 5.32 Å². The first kappa shape index (κ1) is 12.7. The van der Waals surface area contributed by atoms with Crippen molar-refractivity contribution in [3.05, 3.63) is 21.4 Å². The van der Waals surface area contributed by atoms with Gasteiger partial charge in [-0.2, -0.15) is 0 Å². The minimum atomic E-state index is -1.26. The number of carbonyl (C=O) groups is 2. The molecule has 0 aliphatic carbocycles. The Kier molecular flexibility index (Phi) is 4.03. The van der Waals surface area contributed by atoms with Crippen LogP contribution in [0.15, 0.2) is 6.07 Å². The lowest BCUT2D eigenvalue weighted by Crippen LogP contribution is -2.43. The van der Waals surface area contributed by atoms with Gasteiger partial charge in [0.25, 0.3) is 5.91 Å². The highest BCUT2D eigenvalue weighted by Gasteiger charge is 2.21.